The van der Waals surface area contributed by atoms with Crippen LogP contribution in [0.15, 0.2) is 29.2 Å². The van der Waals surface area contributed by atoms with E-state index in [4.69, 9.17) is 0 Å². The number of aryl methyl sites for hydroxylation is 1. The highest BCUT2D eigenvalue weighted by molar-refractivity contribution is 7.99. The normalized spacial score (nSPS) is 22.6. The van der Waals surface area contributed by atoms with Crippen molar-refractivity contribution in [3.8, 4) is 0 Å². The van der Waals surface area contributed by atoms with E-state index in [-0.39, 0.29) is 0 Å². The van der Waals surface area contributed by atoms with Crippen LogP contribution in [-0.4, -0.2) is 11.5 Å². The molecule has 1 aromatic carbocycles. The Bertz CT molecular complexity index is 394. The molecule has 1 fully saturated rings. The van der Waals surface area contributed by atoms with E-state index in [2.05, 4.69) is 38.1 Å². The summed E-state index contributed by atoms with van der Waals surface area (Å²) in [6.45, 7) is 4.30. The van der Waals surface area contributed by atoms with Crippen molar-refractivity contribution in [1.82, 2.24) is 0 Å². The van der Waals surface area contributed by atoms with Gasteiger partial charge < -0.3 is 0 Å². The summed E-state index contributed by atoms with van der Waals surface area (Å²) in [7, 11) is 0. The summed E-state index contributed by atoms with van der Waals surface area (Å²) in [5, 5.41) is 0. The van der Waals surface area contributed by atoms with Crippen LogP contribution in [0.2, 0.25) is 0 Å². The van der Waals surface area contributed by atoms with E-state index in [9.17, 15) is 4.79 Å². The molecule has 0 saturated heterocycles. The van der Waals surface area contributed by atoms with Gasteiger partial charge in [-0.15, -0.1) is 11.8 Å². The minimum Gasteiger partial charge on any atom is -0.299 e. The molecule has 0 unspecified atom stereocenters. The molecule has 1 aliphatic rings. The van der Waals surface area contributed by atoms with Gasteiger partial charge >= 0.3 is 0 Å². The van der Waals surface area contributed by atoms with E-state index < -0.39 is 0 Å². The molecule has 0 spiro atoms. The number of rotatable bonds is 6. The Morgan fingerprint density at radius 1 is 1.28 bits per heavy atom. The Morgan fingerprint density at radius 2 is 2.00 bits per heavy atom. The standard InChI is InChI=1S/C16H22OS/c1-3-13-6-9-15(13)16(17)10-11-18-14-7-4-12(2)5-8-14/h4-5,7-8,13,15H,3,6,9-11H2,1-2H3/t13-,15-/m1/s1. The molecule has 1 nitrogen and oxygen atoms in total. The van der Waals surface area contributed by atoms with E-state index in [0.717, 1.165) is 18.6 Å². The predicted octanol–water partition coefficient (Wildman–Crippen LogP) is 4.48. The molecule has 2 rings (SSSR count). The van der Waals surface area contributed by atoms with Crippen LogP contribution < -0.4 is 0 Å². The fourth-order valence-corrected chi connectivity index (χ4v) is 3.44. The average molecular weight is 262 g/mol. The van der Waals surface area contributed by atoms with Crippen molar-refractivity contribution >= 4 is 17.5 Å². The van der Waals surface area contributed by atoms with Crippen molar-refractivity contribution in [3.63, 3.8) is 0 Å². The minimum atomic E-state index is 0.383. The maximum atomic E-state index is 12.0. The third-order valence-electron chi connectivity index (χ3n) is 3.99. The van der Waals surface area contributed by atoms with E-state index in [1.165, 1.54) is 23.3 Å². The molecule has 2 heteroatoms. The zero-order valence-corrected chi connectivity index (χ0v) is 12.1. The fourth-order valence-electron chi connectivity index (χ4n) is 2.57. The SMILES string of the molecule is CC[C@@H]1CC[C@H]1C(=O)CCSc1ccc(C)cc1. The Morgan fingerprint density at radius 3 is 2.56 bits per heavy atom. The number of hydrogen-bond donors (Lipinski definition) is 0. The zero-order valence-electron chi connectivity index (χ0n) is 11.3. The number of Topliss-reactive ketones (excluding diaryl/α,β-unsaturated/α-hetero) is 1. The highest BCUT2D eigenvalue weighted by Crippen LogP contribution is 2.38. The van der Waals surface area contributed by atoms with Gasteiger partial charge in [0, 0.05) is 23.0 Å². The van der Waals surface area contributed by atoms with Crippen LogP contribution >= 0.6 is 11.8 Å². The molecule has 0 aliphatic heterocycles. The highest BCUT2D eigenvalue weighted by atomic mass is 32.2. The smallest absolute Gasteiger partial charge is 0.137 e. The summed E-state index contributed by atoms with van der Waals surface area (Å²) in [5.41, 5.74) is 1.29. The summed E-state index contributed by atoms with van der Waals surface area (Å²) in [6, 6.07) is 8.54. The first-order valence-electron chi connectivity index (χ1n) is 6.93. The number of ketones is 1. The molecule has 1 saturated carbocycles. The third-order valence-corrected chi connectivity index (χ3v) is 5.01. The molecule has 0 amide bonds. The monoisotopic (exact) mass is 262 g/mol. The summed E-state index contributed by atoms with van der Waals surface area (Å²) in [4.78, 5) is 13.3. The maximum absolute atomic E-state index is 12.0. The number of carbonyl (C=O) groups is 1. The van der Waals surface area contributed by atoms with E-state index in [1.807, 2.05) is 0 Å². The fraction of sp³-hybridized carbons (Fsp3) is 0.562. The van der Waals surface area contributed by atoms with Crippen molar-refractivity contribution in [2.24, 2.45) is 11.8 Å². The Labute approximate surface area is 114 Å². The molecule has 2 atom stereocenters. The zero-order chi connectivity index (χ0) is 13.0. The third kappa shape index (κ3) is 3.38. The first-order valence-corrected chi connectivity index (χ1v) is 7.91. The molecule has 0 aromatic heterocycles. The molecule has 1 aliphatic carbocycles. The summed E-state index contributed by atoms with van der Waals surface area (Å²) in [5.74, 6) is 2.48. The molecule has 1 aromatic rings. The second-order valence-corrected chi connectivity index (χ2v) is 6.40. The molecule has 0 N–H and O–H groups in total. The Hall–Kier alpha value is -0.760. The van der Waals surface area contributed by atoms with Crippen molar-refractivity contribution in [1.29, 1.82) is 0 Å². The van der Waals surface area contributed by atoms with Crippen LogP contribution in [0.1, 0.15) is 38.2 Å². The van der Waals surface area contributed by atoms with E-state index in [1.54, 1.807) is 11.8 Å². The second-order valence-electron chi connectivity index (χ2n) is 5.23. The average Bonchev–Trinajstić information content (AvgIpc) is 2.31. The topological polar surface area (TPSA) is 17.1 Å². The summed E-state index contributed by atoms with van der Waals surface area (Å²) < 4.78 is 0. The van der Waals surface area contributed by atoms with Crippen LogP contribution in [-0.2, 0) is 4.79 Å². The van der Waals surface area contributed by atoms with E-state index >= 15 is 0 Å². The van der Waals surface area contributed by atoms with Gasteiger partial charge in [-0.3, -0.25) is 4.79 Å². The number of hydrogen-bond acceptors (Lipinski definition) is 2. The molecule has 0 heterocycles. The van der Waals surface area contributed by atoms with Gasteiger partial charge in [-0.2, -0.15) is 0 Å². The molecule has 0 radical (unpaired) electrons. The minimum absolute atomic E-state index is 0.383. The molecule has 18 heavy (non-hydrogen) atoms. The lowest BCUT2D eigenvalue weighted by atomic mass is 9.69. The van der Waals surface area contributed by atoms with E-state index in [0.29, 0.717) is 17.6 Å². The van der Waals surface area contributed by atoms with Gasteiger partial charge in [0.15, 0.2) is 0 Å². The first kappa shape index (κ1) is 13.7. The van der Waals surface area contributed by atoms with Crippen LogP contribution in [0.4, 0.5) is 0 Å². The van der Waals surface area contributed by atoms with Gasteiger partial charge in [-0.1, -0.05) is 31.0 Å². The summed E-state index contributed by atoms with van der Waals surface area (Å²) in [6.07, 6.45) is 4.30. The molecule has 0 bridgehead atoms. The van der Waals surface area contributed by atoms with Crippen LogP contribution in [0, 0.1) is 18.8 Å². The van der Waals surface area contributed by atoms with Crippen LogP contribution in [0.5, 0.6) is 0 Å². The Balaban J connectivity index is 1.72. The lowest BCUT2D eigenvalue weighted by Gasteiger charge is -2.34. The van der Waals surface area contributed by atoms with Crippen molar-refractivity contribution < 1.29 is 4.79 Å². The number of carbonyl (C=O) groups excluding carboxylic acids is 1. The highest BCUT2D eigenvalue weighted by Gasteiger charge is 2.34. The van der Waals surface area contributed by atoms with Gasteiger partial charge in [0.25, 0.3) is 0 Å². The second kappa shape index (κ2) is 6.42. The maximum Gasteiger partial charge on any atom is 0.137 e. The van der Waals surface area contributed by atoms with Gasteiger partial charge in [0.05, 0.1) is 0 Å². The van der Waals surface area contributed by atoms with Gasteiger partial charge in [-0.05, 0) is 37.8 Å². The first-order chi connectivity index (χ1) is 8.70. The quantitative estimate of drug-likeness (QED) is 0.703. The number of thioether (sulfide) groups is 1. The lowest BCUT2D eigenvalue weighted by molar-refractivity contribution is -0.127. The van der Waals surface area contributed by atoms with Crippen LogP contribution in [0.3, 0.4) is 0 Å². The van der Waals surface area contributed by atoms with Gasteiger partial charge in [0.1, 0.15) is 5.78 Å². The molecule has 98 valence electrons. The Kier molecular flexibility index (Phi) is 4.87. The van der Waals surface area contributed by atoms with Gasteiger partial charge in [-0.25, -0.2) is 0 Å². The lowest BCUT2D eigenvalue weighted by Crippen LogP contribution is -2.32. The van der Waals surface area contributed by atoms with Crippen LogP contribution in [0.25, 0.3) is 0 Å². The number of benzene rings is 1. The van der Waals surface area contributed by atoms with Gasteiger partial charge in [0.2, 0.25) is 0 Å². The van der Waals surface area contributed by atoms with Crippen molar-refractivity contribution in [3.05, 3.63) is 29.8 Å². The predicted molar refractivity (Wildman–Crippen MR) is 78.0 cm³/mol. The largest absolute Gasteiger partial charge is 0.299 e. The van der Waals surface area contributed by atoms with Crippen molar-refractivity contribution in [2.75, 3.05) is 5.75 Å². The summed E-state index contributed by atoms with van der Waals surface area (Å²) >= 11 is 1.80. The molecular weight excluding hydrogens is 240 g/mol. The molecular formula is C16H22OS. The van der Waals surface area contributed by atoms with Crippen molar-refractivity contribution in [2.45, 2.75) is 44.4 Å².